The van der Waals surface area contributed by atoms with Crippen molar-refractivity contribution in [2.24, 2.45) is 0 Å². The second-order valence-electron chi connectivity index (χ2n) is 8.67. The van der Waals surface area contributed by atoms with E-state index in [1.54, 1.807) is 0 Å². The summed E-state index contributed by atoms with van der Waals surface area (Å²) in [7, 11) is 0. The van der Waals surface area contributed by atoms with Gasteiger partial charge in [0.25, 0.3) is 0 Å². The first-order valence-corrected chi connectivity index (χ1v) is 11.6. The molecule has 1 heterocycles. The van der Waals surface area contributed by atoms with Crippen LogP contribution >= 0.6 is 11.3 Å². The minimum absolute atomic E-state index is 1.30. The van der Waals surface area contributed by atoms with E-state index < -0.39 is 0 Å². The molecule has 7 rings (SSSR count). The summed E-state index contributed by atoms with van der Waals surface area (Å²) in [6, 6.07) is 31.6. The highest BCUT2D eigenvalue weighted by atomic mass is 32.1. The number of aryl methyl sites for hydroxylation is 2. The van der Waals surface area contributed by atoms with Crippen molar-refractivity contribution in [3.8, 4) is 0 Å². The molecular formula is C30H20S. The van der Waals surface area contributed by atoms with Crippen LogP contribution in [0.4, 0.5) is 0 Å². The Hall–Kier alpha value is -3.42. The SMILES string of the molecule is Cc1cc2sc3ccc4cc5ccccc5cc4c3c2c2cc3ccccc3c(C)c12. The van der Waals surface area contributed by atoms with Crippen LogP contribution in [-0.2, 0) is 0 Å². The third-order valence-electron chi connectivity index (χ3n) is 6.88. The largest absolute Gasteiger partial charge is 0.135 e. The van der Waals surface area contributed by atoms with Crippen LogP contribution < -0.4 is 0 Å². The van der Waals surface area contributed by atoms with Crippen molar-refractivity contribution in [1.29, 1.82) is 0 Å². The van der Waals surface area contributed by atoms with E-state index in [-0.39, 0.29) is 0 Å². The van der Waals surface area contributed by atoms with Crippen LogP contribution in [0.25, 0.3) is 63.3 Å². The summed E-state index contributed by atoms with van der Waals surface area (Å²) < 4.78 is 2.76. The van der Waals surface area contributed by atoms with Crippen molar-refractivity contribution in [1.82, 2.24) is 0 Å². The summed E-state index contributed by atoms with van der Waals surface area (Å²) in [5, 5.41) is 13.6. The Kier molecular flexibility index (Phi) is 3.38. The van der Waals surface area contributed by atoms with Gasteiger partial charge < -0.3 is 0 Å². The van der Waals surface area contributed by atoms with Gasteiger partial charge >= 0.3 is 0 Å². The average molecular weight is 413 g/mol. The van der Waals surface area contributed by atoms with Gasteiger partial charge in [-0.1, -0.05) is 54.6 Å². The molecule has 0 saturated carbocycles. The summed E-state index contributed by atoms with van der Waals surface area (Å²) >= 11 is 1.92. The van der Waals surface area contributed by atoms with Crippen LogP contribution in [0.2, 0.25) is 0 Å². The van der Waals surface area contributed by atoms with Gasteiger partial charge in [-0.05, 0) is 98.4 Å². The van der Waals surface area contributed by atoms with Gasteiger partial charge in [-0.25, -0.2) is 0 Å². The predicted molar refractivity (Wildman–Crippen MR) is 139 cm³/mol. The lowest BCUT2D eigenvalue weighted by Crippen LogP contribution is -1.87. The van der Waals surface area contributed by atoms with Crippen molar-refractivity contribution in [2.75, 3.05) is 0 Å². The Morgan fingerprint density at radius 3 is 1.97 bits per heavy atom. The van der Waals surface area contributed by atoms with E-state index in [1.165, 1.54) is 74.4 Å². The molecule has 0 unspecified atom stereocenters. The third kappa shape index (κ3) is 2.30. The molecule has 1 aromatic heterocycles. The Balaban J connectivity index is 1.78. The number of hydrogen-bond donors (Lipinski definition) is 0. The lowest BCUT2D eigenvalue weighted by Gasteiger charge is -2.12. The molecule has 0 saturated heterocycles. The van der Waals surface area contributed by atoms with Gasteiger partial charge in [0.05, 0.1) is 0 Å². The molecule has 7 aromatic rings. The topological polar surface area (TPSA) is 0 Å². The lowest BCUT2D eigenvalue weighted by molar-refractivity contribution is 1.51. The van der Waals surface area contributed by atoms with E-state index in [1.807, 2.05) is 11.3 Å². The van der Waals surface area contributed by atoms with Crippen molar-refractivity contribution < 1.29 is 0 Å². The molecule has 0 atom stereocenters. The third-order valence-corrected chi connectivity index (χ3v) is 7.99. The highest BCUT2D eigenvalue weighted by Crippen LogP contribution is 2.45. The van der Waals surface area contributed by atoms with E-state index in [0.29, 0.717) is 0 Å². The van der Waals surface area contributed by atoms with Gasteiger partial charge in [-0.2, -0.15) is 0 Å². The zero-order chi connectivity index (χ0) is 20.7. The van der Waals surface area contributed by atoms with E-state index in [0.717, 1.165) is 0 Å². The molecule has 0 N–H and O–H groups in total. The summed E-state index contributed by atoms with van der Waals surface area (Å²) in [5.41, 5.74) is 2.75. The van der Waals surface area contributed by atoms with Gasteiger partial charge in [-0.15, -0.1) is 11.3 Å². The van der Waals surface area contributed by atoms with Gasteiger partial charge in [0.15, 0.2) is 0 Å². The predicted octanol–water partition coefficient (Wildman–Crippen LogP) is 9.28. The summed E-state index contributed by atoms with van der Waals surface area (Å²) in [6.07, 6.45) is 0. The molecule has 0 fully saturated rings. The zero-order valence-electron chi connectivity index (χ0n) is 17.5. The van der Waals surface area contributed by atoms with Gasteiger partial charge in [0.2, 0.25) is 0 Å². The maximum absolute atomic E-state index is 2.42. The summed E-state index contributed by atoms with van der Waals surface area (Å²) in [5.74, 6) is 0. The molecule has 0 amide bonds. The average Bonchev–Trinajstić information content (AvgIpc) is 3.16. The molecule has 0 aliphatic heterocycles. The van der Waals surface area contributed by atoms with Gasteiger partial charge in [-0.3, -0.25) is 0 Å². The maximum Gasteiger partial charge on any atom is 0.0364 e. The number of hydrogen-bond acceptors (Lipinski definition) is 1. The number of benzene rings is 6. The van der Waals surface area contributed by atoms with Crippen molar-refractivity contribution in [3.05, 3.63) is 96.1 Å². The van der Waals surface area contributed by atoms with E-state index in [2.05, 4.69) is 98.8 Å². The fraction of sp³-hybridized carbons (Fsp3) is 0.0667. The second-order valence-corrected chi connectivity index (χ2v) is 9.76. The molecule has 1 heteroatoms. The van der Waals surface area contributed by atoms with Crippen molar-refractivity contribution >= 4 is 74.6 Å². The van der Waals surface area contributed by atoms with Crippen LogP contribution in [0.3, 0.4) is 0 Å². The molecule has 6 aromatic carbocycles. The smallest absolute Gasteiger partial charge is 0.0364 e. The molecule has 0 radical (unpaired) electrons. The fourth-order valence-corrected chi connectivity index (χ4v) is 6.74. The number of thiophene rings is 1. The molecule has 0 aliphatic rings. The van der Waals surface area contributed by atoms with E-state index >= 15 is 0 Å². The minimum atomic E-state index is 1.30. The molecule has 146 valence electrons. The normalized spacial score (nSPS) is 12.2. The first-order valence-electron chi connectivity index (χ1n) is 10.8. The highest BCUT2D eigenvalue weighted by Gasteiger charge is 2.16. The van der Waals surface area contributed by atoms with Crippen LogP contribution in [0.5, 0.6) is 0 Å². The van der Waals surface area contributed by atoms with Crippen LogP contribution in [0.15, 0.2) is 84.9 Å². The molecule has 0 aliphatic carbocycles. The summed E-state index contributed by atoms with van der Waals surface area (Å²) in [6.45, 7) is 4.54. The maximum atomic E-state index is 2.42. The van der Waals surface area contributed by atoms with Crippen LogP contribution in [0.1, 0.15) is 11.1 Å². The molecular weight excluding hydrogens is 392 g/mol. The second kappa shape index (κ2) is 6.06. The van der Waals surface area contributed by atoms with E-state index in [4.69, 9.17) is 0 Å². The van der Waals surface area contributed by atoms with Crippen LogP contribution in [-0.4, -0.2) is 0 Å². The quantitative estimate of drug-likeness (QED) is 0.218. The Morgan fingerprint density at radius 2 is 1.13 bits per heavy atom. The summed E-state index contributed by atoms with van der Waals surface area (Å²) in [4.78, 5) is 0. The first kappa shape index (κ1) is 17.3. The standard InChI is InChI=1S/C30H20S/c1-17-13-27-30(25-16-21-9-5-6-10-23(21)18(2)28(17)25)29-24-15-20-8-4-3-7-19(20)14-22(24)11-12-26(29)31-27/h3-16H,1-2H3. The van der Waals surface area contributed by atoms with Crippen molar-refractivity contribution in [2.45, 2.75) is 13.8 Å². The minimum Gasteiger partial charge on any atom is -0.135 e. The monoisotopic (exact) mass is 412 g/mol. The van der Waals surface area contributed by atoms with Crippen molar-refractivity contribution in [3.63, 3.8) is 0 Å². The Morgan fingerprint density at radius 1 is 0.484 bits per heavy atom. The van der Waals surface area contributed by atoms with Gasteiger partial charge in [0.1, 0.15) is 0 Å². The van der Waals surface area contributed by atoms with E-state index in [9.17, 15) is 0 Å². The number of fused-ring (bicyclic) bond motifs is 9. The highest BCUT2D eigenvalue weighted by molar-refractivity contribution is 7.26. The van der Waals surface area contributed by atoms with Crippen LogP contribution in [0, 0.1) is 13.8 Å². The molecule has 31 heavy (non-hydrogen) atoms. The number of rotatable bonds is 0. The zero-order valence-corrected chi connectivity index (χ0v) is 18.3. The molecule has 0 spiro atoms. The fourth-order valence-electron chi connectivity index (χ4n) is 5.50. The van der Waals surface area contributed by atoms with Gasteiger partial charge in [0, 0.05) is 20.2 Å². The first-order chi connectivity index (χ1) is 15.2. The molecule has 0 nitrogen and oxygen atoms in total. The lowest BCUT2D eigenvalue weighted by atomic mass is 9.91. The molecule has 0 bridgehead atoms. The Bertz CT molecular complexity index is 1850. The Labute approximate surface area is 184 Å².